The molecule has 1 aromatic rings. The Labute approximate surface area is 264 Å². The Morgan fingerprint density at radius 3 is 1.96 bits per heavy atom. The molecule has 11 nitrogen and oxygen atoms in total. The van der Waals surface area contributed by atoms with Gasteiger partial charge in [0.1, 0.15) is 18.2 Å². The van der Waals surface area contributed by atoms with Crippen molar-refractivity contribution in [2.75, 3.05) is 13.2 Å². The van der Waals surface area contributed by atoms with Crippen molar-refractivity contribution in [3.8, 4) is 0 Å². The van der Waals surface area contributed by atoms with E-state index >= 15 is 8.78 Å². The van der Waals surface area contributed by atoms with Crippen LogP contribution >= 0.6 is 0 Å². The monoisotopic (exact) mass is 640 g/mol. The number of imide groups is 1. The summed E-state index contributed by atoms with van der Waals surface area (Å²) in [5.41, 5.74) is 5.66. The Kier molecular flexibility index (Phi) is 15.1. The Bertz CT molecular complexity index is 1150. The third-order valence-corrected chi connectivity index (χ3v) is 6.38. The first-order valence-corrected chi connectivity index (χ1v) is 15.1. The summed E-state index contributed by atoms with van der Waals surface area (Å²) in [5, 5.41) is 4.84. The van der Waals surface area contributed by atoms with Crippen LogP contribution in [0.3, 0.4) is 0 Å². The average Bonchev–Trinajstić information content (AvgIpc) is 2.91. The third kappa shape index (κ3) is 13.9. The number of benzene rings is 1. The van der Waals surface area contributed by atoms with Gasteiger partial charge in [0, 0.05) is 6.42 Å². The Morgan fingerprint density at radius 2 is 1.47 bits per heavy atom. The van der Waals surface area contributed by atoms with Gasteiger partial charge >= 0.3 is 18.1 Å². The first-order valence-electron chi connectivity index (χ1n) is 15.1. The molecule has 0 fully saturated rings. The van der Waals surface area contributed by atoms with E-state index in [0.717, 1.165) is 0 Å². The van der Waals surface area contributed by atoms with E-state index < -0.39 is 71.9 Å². The summed E-state index contributed by atoms with van der Waals surface area (Å²) < 4.78 is 41.7. The summed E-state index contributed by atoms with van der Waals surface area (Å²) in [6, 6.07) is 4.33. The Morgan fingerprint density at radius 1 is 0.889 bits per heavy atom. The van der Waals surface area contributed by atoms with Crippen LogP contribution in [0.15, 0.2) is 30.3 Å². The van der Waals surface area contributed by atoms with Gasteiger partial charge in [-0.15, -0.1) is 0 Å². The molecule has 0 bridgehead atoms. The number of carbonyl (C=O) groups excluding carboxylic acids is 5. The molecule has 1 rings (SSSR count). The molecule has 0 spiro atoms. The van der Waals surface area contributed by atoms with Crippen molar-refractivity contribution in [2.24, 2.45) is 23.5 Å². The van der Waals surface area contributed by atoms with Crippen LogP contribution in [0.4, 0.5) is 18.4 Å². The van der Waals surface area contributed by atoms with E-state index in [1.54, 1.807) is 92.6 Å². The predicted octanol–water partition coefficient (Wildman–Crippen LogP) is 4.46. The lowest BCUT2D eigenvalue weighted by Crippen LogP contribution is -2.59. The van der Waals surface area contributed by atoms with Crippen LogP contribution < -0.4 is 16.4 Å². The zero-order valence-corrected chi connectivity index (χ0v) is 27.8. The molecule has 0 aliphatic heterocycles. The fourth-order valence-corrected chi connectivity index (χ4v) is 4.03. The summed E-state index contributed by atoms with van der Waals surface area (Å²) in [6.07, 6.45) is -2.48. The van der Waals surface area contributed by atoms with Crippen molar-refractivity contribution in [1.29, 1.82) is 0 Å². The minimum absolute atomic E-state index is 0.0258. The topological polar surface area (TPSA) is 157 Å². The highest BCUT2D eigenvalue weighted by Gasteiger charge is 2.48. The van der Waals surface area contributed by atoms with Gasteiger partial charge in [-0.1, -0.05) is 71.9 Å². The third-order valence-electron chi connectivity index (χ3n) is 6.38. The number of ether oxygens (including phenoxy) is 2. The molecule has 0 aromatic heterocycles. The number of nitrogens with zero attached hydrogens (tertiary/aromatic N) is 1. The lowest BCUT2D eigenvalue weighted by molar-refractivity contribution is -0.153. The van der Waals surface area contributed by atoms with Gasteiger partial charge in [-0.2, -0.15) is 8.78 Å². The molecule has 0 heterocycles. The van der Waals surface area contributed by atoms with Crippen molar-refractivity contribution >= 4 is 29.8 Å². The number of alkyl carbamates (subject to hydrolysis) is 1. The van der Waals surface area contributed by atoms with Crippen LogP contribution in [0.2, 0.25) is 0 Å². The summed E-state index contributed by atoms with van der Waals surface area (Å²) >= 11 is 0. The minimum atomic E-state index is -4.29. The Balaban J connectivity index is 3.35. The molecule has 4 N–H and O–H groups in total. The second kappa shape index (κ2) is 17.2. The number of amides is 4. The van der Waals surface area contributed by atoms with Gasteiger partial charge in [-0.3, -0.25) is 14.4 Å². The van der Waals surface area contributed by atoms with Gasteiger partial charge in [0.05, 0.1) is 18.7 Å². The van der Waals surface area contributed by atoms with Crippen LogP contribution in [-0.2, 0) is 30.3 Å². The largest absolute Gasteiger partial charge is 0.449 e. The Hall–Kier alpha value is -3.61. The van der Waals surface area contributed by atoms with E-state index in [4.69, 9.17) is 15.2 Å². The van der Waals surface area contributed by atoms with Gasteiger partial charge < -0.3 is 25.8 Å². The molecular weight excluding hydrogens is 590 g/mol. The number of alkyl halides is 2. The van der Waals surface area contributed by atoms with Crippen molar-refractivity contribution in [3.63, 3.8) is 0 Å². The lowest BCUT2D eigenvalue weighted by Gasteiger charge is -2.31. The van der Waals surface area contributed by atoms with Crippen molar-refractivity contribution in [3.05, 3.63) is 35.9 Å². The van der Waals surface area contributed by atoms with E-state index in [-0.39, 0.29) is 36.2 Å². The number of ketones is 1. The van der Waals surface area contributed by atoms with Gasteiger partial charge in [-0.25, -0.2) is 14.5 Å². The van der Waals surface area contributed by atoms with Crippen LogP contribution in [0, 0.1) is 17.8 Å². The SMILES string of the molecule is CC(C)COC(=O)N(CC(F)(F)C(=O)C(CC(C)C)NC(=O)[C@H](Cc1ccccc1)NC(=O)OC(C)(C)C)C(=O)[C@@H](N)C(C)C. The average molecular weight is 641 g/mol. The number of Topliss-reactive ketones (excluding diaryl/α,β-unsaturated/α-hetero) is 1. The van der Waals surface area contributed by atoms with Crippen LogP contribution in [0.25, 0.3) is 0 Å². The molecule has 1 aromatic carbocycles. The molecule has 0 aliphatic carbocycles. The van der Waals surface area contributed by atoms with Gasteiger partial charge in [-0.05, 0) is 50.5 Å². The molecule has 0 saturated heterocycles. The summed E-state index contributed by atoms with van der Waals surface area (Å²) in [7, 11) is 0. The molecule has 1 unspecified atom stereocenters. The van der Waals surface area contributed by atoms with Gasteiger partial charge in [0.25, 0.3) is 0 Å². The minimum Gasteiger partial charge on any atom is -0.449 e. The fourth-order valence-electron chi connectivity index (χ4n) is 4.03. The van der Waals surface area contributed by atoms with E-state index in [0.29, 0.717) is 5.56 Å². The first-order chi connectivity index (χ1) is 20.6. The molecule has 0 aliphatic rings. The molecule has 4 amide bonds. The number of halogens is 2. The number of hydrogen-bond donors (Lipinski definition) is 3. The maximum Gasteiger partial charge on any atom is 0.416 e. The predicted molar refractivity (Wildman–Crippen MR) is 165 cm³/mol. The number of nitrogens with two attached hydrogens (primary N) is 1. The molecule has 3 atom stereocenters. The first kappa shape index (κ1) is 39.4. The standard InChI is InChI=1S/C32H50F2N4O7/c1-19(2)15-23(36-27(40)24(16-22-13-11-10-12-14-22)37-29(42)45-31(7,8)9)26(39)32(33,34)18-38(28(41)25(35)21(5)6)30(43)44-17-20(3)4/h10-14,19-21,23-25H,15-18,35H2,1-9H3,(H,36,40)(H,37,42)/t23?,24-,25-/m0/s1. The molecule has 13 heteroatoms. The lowest BCUT2D eigenvalue weighted by atomic mass is 9.95. The van der Waals surface area contributed by atoms with E-state index in [1.807, 2.05) is 0 Å². The highest BCUT2D eigenvalue weighted by atomic mass is 19.3. The summed E-state index contributed by atoms with van der Waals surface area (Å²) in [5.74, 6) is -9.02. The number of rotatable bonds is 15. The molecule has 0 radical (unpaired) electrons. The number of carbonyl (C=O) groups is 5. The normalized spacial score (nSPS) is 14.0. The molecule has 0 saturated carbocycles. The van der Waals surface area contributed by atoms with E-state index in [9.17, 15) is 24.0 Å². The number of nitrogens with one attached hydrogen (secondary N) is 2. The van der Waals surface area contributed by atoms with Gasteiger partial charge in [0.2, 0.25) is 17.6 Å². The zero-order chi connectivity index (χ0) is 34.7. The van der Waals surface area contributed by atoms with Crippen LogP contribution in [0.1, 0.15) is 74.3 Å². The fraction of sp³-hybridized carbons (Fsp3) is 0.656. The van der Waals surface area contributed by atoms with Crippen molar-refractivity contribution < 1.29 is 42.2 Å². The summed E-state index contributed by atoms with van der Waals surface area (Å²) in [4.78, 5) is 65.4. The molecule has 254 valence electrons. The van der Waals surface area contributed by atoms with E-state index in [2.05, 4.69) is 10.6 Å². The van der Waals surface area contributed by atoms with Crippen molar-refractivity contribution in [1.82, 2.24) is 15.5 Å². The smallest absolute Gasteiger partial charge is 0.416 e. The number of hydrogen-bond acceptors (Lipinski definition) is 8. The summed E-state index contributed by atoms with van der Waals surface area (Å²) in [6.45, 7) is 13.1. The molecule has 45 heavy (non-hydrogen) atoms. The van der Waals surface area contributed by atoms with Gasteiger partial charge in [0.15, 0.2) is 0 Å². The highest BCUT2D eigenvalue weighted by molar-refractivity contribution is 5.98. The van der Waals surface area contributed by atoms with Crippen LogP contribution in [0.5, 0.6) is 0 Å². The second-order valence-electron chi connectivity index (χ2n) is 13.3. The second-order valence-corrected chi connectivity index (χ2v) is 13.3. The quantitative estimate of drug-likeness (QED) is 0.254. The zero-order valence-electron chi connectivity index (χ0n) is 27.8. The van der Waals surface area contributed by atoms with Crippen molar-refractivity contribution in [2.45, 2.75) is 105 Å². The highest BCUT2D eigenvalue weighted by Crippen LogP contribution is 2.24. The van der Waals surface area contributed by atoms with E-state index in [1.165, 1.54) is 0 Å². The maximum absolute atomic E-state index is 15.7. The molecular formula is C32H50F2N4O7. The van der Waals surface area contributed by atoms with Crippen LogP contribution in [-0.4, -0.2) is 77.5 Å². The maximum atomic E-state index is 15.7.